The summed E-state index contributed by atoms with van der Waals surface area (Å²) in [4.78, 5) is 2.39. The van der Waals surface area contributed by atoms with Crippen molar-refractivity contribution < 1.29 is 4.74 Å². The van der Waals surface area contributed by atoms with Crippen molar-refractivity contribution in [2.75, 3.05) is 0 Å². The number of ether oxygens (including phenoxy) is 1. The quantitative estimate of drug-likeness (QED) is 0.915. The molecule has 0 aliphatic rings. The Balaban J connectivity index is 2.06. The summed E-state index contributed by atoms with van der Waals surface area (Å²) >= 11 is 5.26. The van der Waals surface area contributed by atoms with Gasteiger partial charge < -0.3 is 10.5 Å². The van der Waals surface area contributed by atoms with Gasteiger partial charge in [-0.15, -0.1) is 11.3 Å². The third-order valence-corrected chi connectivity index (χ3v) is 5.04. The van der Waals surface area contributed by atoms with Gasteiger partial charge in [0, 0.05) is 20.8 Å². The molecular formula is C14H16BrNOS. The molecule has 0 saturated carbocycles. The van der Waals surface area contributed by atoms with E-state index < -0.39 is 0 Å². The highest BCUT2D eigenvalue weighted by Gasteiger charge is 2.04. The standard InChI is InChI=1S/C14H16BrNOS/c1-9-5-11(6-10(2)14(9)15)17-8-13-4-3-12(7-16)18-13/h3-6H,7-8,16H2,1-2H3. The fourth-order valence-electron chi connectivity index (χ4n) is 1.75. The highest BCUT2D eigenvalue weighted by Crippen LogP contribution is 2.27. The molecule has 1 aromatic heterocycles. The van der Waals surface area contributed by atoms with Gasteiger partial charge in [0.25, 0.3) is 0 Å². The Labute approximate surface area is 120 Å². The maximum atomic E-state index is 5.82. The molecule has 0 aliphatic heterocycles. The van der Waals surface area contributed by atoms with Gasteiger partial charge in [-0.3, -0.25) is 0 Å². The predicted molar refractivity (Wildman–Crippen MR) is 80.2 cm³/mol. The van der Waals surface area contributed by atoms with E-state index in [1.165, 1.54) is 20.9 Å². The molecule has 4 heteroatoms. The number of halogens is 1. The van der Waals surface area contributed by atoms with Crippen molar-refractivity contribution in [2.45, 2.75) is 27.0 Å². The third-order valence-electron chi connectivity index (χ3n) is 2.71. The van der Waals surface area contributed by atoms with Gasteiger partial charge >= 0.3 is 0 Å². The Morgan fingerprint density at radius 2 is 1.78 bits per heavy atom. The fourth-order valence-corrected chi connectivity index (χ4v) is 2.79. The van der Waals surface area contributed by atoms with Crippen LogP contribution in [0.15, 0.2) is 28.7 Å². The SMILES string of the molecule is Cc1cc(OCc2ccc(CN)s2)cc(C)c1Br. The zero-order valence-electron chi connectivity index (χ0n) is 10.5. The first-order valence-electron chi connectivity index (χ1n) is 5.77. The smallest absolute Gasteiger partial charge is 0.122 e. The summed E-state index contributed by atoms with van der Waals surface area (Å²) in [6, 6.07) is 8.23. The topological polar surface area (TPSA) is 35.2 Å². The second-order valence-corrected chi connectivity index (χ2v) is 6.28. The number of benzene rings is 1. The highest BCUT2D eigenvalue weighted by atomic mass is 79.9. The van der Waals surface area contributed by atoms with E-state index in [0.717, 1.165) is 10.2 Å². The Bertz CT molecular complexity index is 527. The number of rotatable bonds is 4. The molecule has 0 atom stereocenters. The predicted octanol–water partition coefficient (Wildman–Crippen LogP) is 4.17. The lowest BCUT2D eigenvalue weighted by Crippen LogP contribution is -1.95. The molecule has 96 valence electrons. The van der Waals surface area contributed by atoms with Crippen molar-refractivity contribution in [3.8, 4) is 5.75 Å². The summed E-state index contributed by atoms with van der Waals surface area (Å²) in [5.74, 6) is 0.913. The van der Waals surface area contributed by atoms with Crippen LogP contribution < -0.4 is 10.5 Å². The molecule has 0 fully saturated rings. The van der Waals surface area contributed by atoms with E-state index in [0.29, 0.717) is 13.2 Å². The van der Waals surface area contributed by atoms with Crippen LogP contribution in [0, 0.1) is 13.8 Å². The lowest BCUT2D eigenvalue weighted by atomic mass is 10.1. The van der Waals surface area contributed by atoms with Crippen molar-refractivity contribution in [1.82, 2.24) is 0 Å². The molecule has 0 unspecified atom stereocenters. The van der Waals surface area contributed by atoms with Crippen molar-refractivity contribution in [2.24, 2.45) is 5.73 Å². The molecule has 0 spiro atoms. The summed E-state index contributed by atoms with van der Waals surface area (Å²) in [5, 5.41) is 0. The molecule has 18 heavy (non-hydrogen) atoms. The van der Waals surface area contributed by atoms with E-state index in [-0.39, 0.29) is 0 Å². The van der Waals surface area contributed by atoms with Crippen LogP contribution in [0.3, 0.4) is 0 Å². The Kier molecular flexibility index (Phi) is 4.43. The normalized spacial score (nSPS) is 10.7. The zero-order valence-corrected chi connectivity index (χ0v) is 12.9. The average Bonchev–Trinajstić information content (AvgIpc) is 2.81. The van der Waals surface area contributed by atoms with Gasteiger partial charge in [0.05, 0.1) is 0 Å². The number of hydrogen-bond acceptors (Lipinski definition) is 3. The first-order chi connectivity index (χ1) is 8.60. The Morgan fingerprint density at radius 1 is 1.17 bits per heavy atom. The molecule has 0 bridgehead atoms. The van der Waals surface area contributed by atoms with Crippen molar-refractivity contribution >= 4 is 27.3 Å². The van der Waals surface area contributed by atoms with Gasteiger partial charge in [0.15, 0.2) is 0 Å². The molecule has 2 N–H and O–H groups in total. The lowest BCUT2D eigenvalue weighted by molar-refractivity contribution is 0.309. The number of hydrogen-bond donors (Lipinski definition) is 1. The van der Waals surface area contributed by atoms with Gasteiger partial charge in [-0.1, -0.05) is 15.9 Å². The number of nitrogens with two attached hydrogens (primary N) is 1. The second-order valence-electron chi connectivity index (χ2n) is 4.23. The van der Waals surface area contributed by atoms with E-state index in [1.807, 2.05) is 0 Å². The third kappa shape index (κ3) is 3.13. The molecule has 2 rings (SSSR count). The van der Waals surface area contributed by atoms with Crippen LogP contribution in [0.2, 0.25) is 0 Å². The molecule has 0 aliphatic carbocycles. The monoisotopic (exact) mass is 325 g/mol. The molecule has 0 amide bonds. The fraction of sp³-hybridized carbons (Fsp3) is 0.286. The maximum Gasteiger partial charge on any atom is 0.122 e. The van der Waals surface area contributed by atoms with Gasteiger partial charge in [0.2, 0.25) is 0 Å². The molecule has 2 nitrogen and oxygen atoms in total. The second kappa shape index (κ2) is 5.87. The first-order valence-corrected chi connectivity index (χ1v) is 7.38. The van der Waals surface area contributed by atoms with E-state index in [1.54, 1.807) is 11.3 Å². The Hall–Kier alpha value is -0.840. The van der Waals surface area contributed by atoms with Gasteiger partial charge in [-0.2, -0.15) is 0 Å². The van der Waals surface area contributed by atoms with Crippen molar-refractivity contribution in [1.29, 1.82) is 0 Å². The van der Waals surface area contributed by atoms with E-state index >= 15 is 0 Å². The van der Waals surface area contributed by atoms with Gasteiger partial charge in [0.1, 0.15) is 12.4 Å². The number of aryl methyl sites for hydroxylation is 2. The van der Waals surface area contributed by atoms with E-state index in [2.05, 4.69) is 54.0 Å². The van der Waals surface area contributed by atoms with Crippen LogP contribution in [0.4, 0.5) is 0 Å². The minimum atomic E-state index is 0.598. The summed E-state index contributed by atoms with van der Waals surface area (Å²) in [6.45, 7) is 5.34. The molecule has 2 aromatic rings. The van der Waals surface area contributed by atoms with Crippen LogP contribution in [0.1, 0.15) is 20.9 Å². The molecule has 0 radical (unpaired) electrons. The van der Waals surface area contributed by atoms with Crippen molar-refractivity contribution in [3.63, 3.8) is 0 Å². The molecule has 0 saturated heterocycles. The van der Waals surface area contributed by atoms with Crippen LogP contribution in [0.5, 0.6) is 5.75 Å². The minimum absolute atomic E-state index is 0.598. The summed E-state index contributed by atoms with van der Waals surface area (Å²) in [5.41, 5.74) is 7.98. The van der Waals surface area contributed by atoms with Crippen LogP contribution in [-0.4, -0.2) is 0 Å². The summed E-state index contributed by atoms with van der Waals surface area (Å²) < 4.78 is 6.96. The minimum Gasteiger partial charge on any atom is -0.488 e. The van der Waals surface area contributed by atoms with Gasteiger partial charge in [-0.25, -0.2) is 0 Å². The number of thiophene rings is 1. The molecule has 1 heterocycles. The first kappa shape index (κ1) is 13.6. The van der Waals surface area contributed by atoms with E-state index in [4.69, 9.17) is 10.5 Å². The highest BCUT2D eigenvalue weighted by molar-refractivity contribution is 9.10. The Morgan fingerprint density at radius 3 is 2.33 bits per heavy atom. The van der Waals surface area contributed by atoms with Crippen LogP contribution in [0.25, 0.3) is 0 Å². The van der Waals surface area contributed by atoms with E-state index in [9.17, 15) is 0 Å². The van der Waals surface area contributed by atoms with Crippen LogP contribution >= 0.6 is 27.3 Å². The molecule has 1 aromatic carbocycles. The van der Waals surface area contributed by atoms with Crippen LogP contribution in [-0.2, 0) is 13.2 Å². The zero-order chi connectivity index (χ0) is 13.1. The summed E-state index contributed by atoms with van der Waals surface area (Å²) in [6.07, 6.45) is 0. The van der Waals surface area contributed by atoms with Crippen molar-refractivity contribution in [3.05, 3.63) is 49.6 Å². The van der Waals surface area contributed by atoms with Gasteiger partial charge in [-0.05, 0) is 49.2 Å². The molecular weight excluding hydrogens is 310 g/mol. The average molecular weight is 326 g/mol. The maximum absolute atomic E-state index is 5.82. The summed E-state index contributed by atoms with van der Waals surface area (Å²) in [7, 11) is 0. The largest absolute Gasteiger partial charge is 0.488 e. The lowest BCUT2D eigenvalue weighted by Gasteiger charge is -2.09.